The van der Waals surface area contributed by atoms with Crippen LogP contribution in [0.5, 0.6) is 0 Å². The third-order valence-electron chi connectivity index (χ3n) is 14.5. The van der Waals surface area contributed by atoms with Crippen LogP contribution in [-0.4, -0.2) is 24.1 Å². The van der Waals surface area contributed by atoms with Crippen molar-refractivity contribution in [2.75, 3.05) is 0 Å². The third kappa shape index (κ3) is 5.99. The van der Waals surface area contributed by atoms with Crippen molar-refractivity contribution in [1.82, 2.24) is 24.1 Å². The van der Waals surface area contributed by atoms with Gasteiger partial charge < -0.3 is 18.0 Å². The highest BCUT2D eigenvalue weighted by atomic mass is 16.3. The lowest BCUT2D eigenvalue weighted by molar-refractivity contribution is 0.672. The first kappa shape index (κ1) is 41.2. The standard InChI is InChI=1S/C65H35N7O2/c66-36-38-15-12-18-40(35-38)42-24-14-28-52(72-50-26-9-5-23-48(50)59-54(72)34-32-46-44-21-7-11-30-56(44)74-62(46)59)60(42)65-69-63(39-16-2-1-3-17-39)68-64(70-65)57-41(37-67)19-13-27-51(57)71-49-25-8-4-22-47(49)58-53(71)33-31-45-43-20-6-10-29-55(43)73-61(45)58/h1-35H. The first-order chi connectivity index (χ1) is 36.6. The molecule has 74 heavy (non-hydrogen) atoms. The van der Waals surface area contributed by atoms with Gasteiger partial charge in [-0.2, -0.15) is 10.5 Å². The van der Waals surface area contributed by atoms with Gasteiger partial charge in [0.05, 0.1) is 78.6 Å². The van der Waals surface area contributed by atoms with E-state index >= 15 is 0 Å². The van der Waals surface area contributed by atoms with Crippen LogP contribution in [0, 0.1) is 22.7 Å². The van der Waals surface area contributed by atoms with Gasteiger partial charge in [-0.1, -0.05) is 133 Å². The fourth-order valence-corrected chi connectivity index (χ4v) is 11.3. The van der Waals surface area contributed by atoms with E-state index in [1.54, 1.807) is 6.07 Å². The Bertz CT molecular complexity index is 4950. The predicted molar refractivity (Wildman–Crippen MR) is 294 cm³/mol. The molecular formula is C65H35N7O2. The number of nitriles is 2. The van der Waals surface area contributed by atoms with Crippen molar-refractivity contribution >= 4 is 87.5 Å². The SMILES string of the molecule is N#Cc1cccc(-c2cccc(-n3c4ccccc4c4c5oc6ccccc6c5ccc43)c2-c2nc(-c3ccccc3)nc(-c3c(C#N)cccc3-n3c4ccccc4c4c5oc6ccccc6c5ccc43)n2)c1. The Balaban J connectivity index is 1.06. The molecule has 0 atom stereocenters. The molecule has 9 nitrogen and oxygen atoms in total. The summed E-state index contributed by atoms with van der Waals surface area (Å²) in [5.41, 5.74) is 13.0. The van der Waals surface area contributed by atoms with Gasteiger partial charge >= 0.3 is 0 Å². The van der Waals surface area contributed by atoms with Gasteiger partial charge in [-0.3, -0.25) is 0 Å². The summed E-state index contributed by atoms with van der Waals surface area (Å²) < 4.78 is 17.9. The number of furan rings is 2. The maximum Gasteiger partial charge on any atom is 0.167 e. The Kier molecular flexibility index (Phi) is 8.88. The Morgan fingerprint density at radius 2 is 0.865 bits per heavy atom. The van der Waals surface area contributed by atoms with Crippen molar-refractivity contribution in [1.29, 1.82) is 10.5 Å². The molecule has 0 aliphatic heterocycles. The molecule has 9 heteroatoms. The summed E-state index contributed by atoms with van der Waals surface area (Å²) in [7, 11) is 0. The maximum absolute atomic E-state index is 11.2. The van der Waals surface area contributed by atoms with E-state index in [0.717, 1.165) is 110 Å². The molecule has 0 N–H and O–H groups in total. The Hall–Kier alpha value is -10.6. The molecule has 0 saturated heterocycles. The van der Waals surface area contributed by atoms with Gasteiger partial charge in [0, 0.05) is 37.9 Å². The molecule has 5 aromatic heterocycles. The Labute approximate surface area is 421 Å². The molecule has 0 aliphatic rings. The van der Waals surface area contributed by atoms with Crippen molar-refractivity contribution in [3.05, 3.63) is 223 Å². The minimum Gasteiger partial charge on any atom is -0.455 e. The highest BCUT2D eigenvalue weighted by Crippen LogP contribution is 2.46. The van der Waals surface area contributed by atoms with E-state index in [1.807, 2.05) is 121 Å². The maximum atomic E-state index is 11.2. The van der Waals surface area contributed by atoms with Crippen molar-refractivity contribution in [2.24, 2.45) is 0 Å². The topological polar surface area (TPSA) is 122 Å². The van der Waals surface area contributed by atoms with Gasteiger partial charge in [0.15, 0.2) is 17.5 Å². The molecule has 15 aromatic rings. The van der Waals surface area contributed by atoms with Gasteiger partial charge in [-0.05, 0) is 90.0 Å². The van der Waals surface area contributed by atoms with Gasteiger partial charge in [0.2, 0.25) is 0 Å². The second kappa shape index (κ2) is 16.0. The largest absolute Gasteiger partial charge is 0.455 e. The van der Waals surface area contributed by atoms with Crippen molar-refractivity contribution < 1.29 is 8.83 Å². The normalized spacial score (nSPS) is 11.8. The zero-order valence-electron chi connectivity index (χ0n) is 39.2. The second-order valence-electron chi connectivity index (χ2n) is 18.5. The van der Waals surface area contributed by atoms with Gasteiger partial charge in [-0.15, -0.1) is 0 Å². The molecule has 0 unspecified atom stereocenters. The number of nitrogens with zero attached hydrogens (tertiary/aromatic N) is 7. The monoisotopic (exact) mass is 945 g/mol. The van der Waals surface area contributed by atoms with Crippen LogP contribution >= 0.6 is 0 Å². The van der Waals surface area contributed by atoms with Gasteiger partial charge in [-0.25, -0.2) is 15.0 Å². The highest BCUT2D eigenvalue weighted by Gasteiger charge is 2.28. The van der Waals surface area contributed by atoms with Crippen LogP contribution in [0.4, 0.5) is 0 Å². The summed E-state index contributed by atoms with van der Waals surface area (Å²) in [6.07, 6.45) is 0. The molecule has 0 radical (unpaired) electrons. The highest BCUT2D eigenvalue weighted by molar-refractivity contribution is 6.25. The number of hydrogen-bond donors (Lipinski definition) is 0. The lowest BCUT2D eigenvalue weighted by Gasteiger charge is -2.19. The number of benzene rings is 10. The molecule has 5 heterocycles. The molecule has 0 spiro atoms. The number of fused-ring (bicyclic) bond motifs is 14. The van der Waals surface area contributed by atoms with Crippen molar-refractivity contribution in [3.63, 3.8) is 0 Å². The number of para-hydroxylation sites is 4. The summed E-state index contributed by atoms with van der Waals surface area (Å²) in [4.78, 5) is 16.3. The summed E-state index contributed by atoms with van der Waals surface area (Å²) in [5, 5.41) is 29.5. The first-order valence-corrected chi connectivity index (χ1v) is 24.3. The Morgan fingerprint density at radius 1 is 0.365 bits per heavy atom. The van der Waals surface area contributed by atoms with Crippen LogP contribution in [-0.2, 0) is 0 Å². The molecule has 342 valence electrons. The molecule has 15 rings (SSSR count). The van der Waals surface area contributed by atoms with E-state index in [0.29, 0.717) is 45.4 Å². The van der Waals surface area contributed by atoms with E-state index in [2.05, 4.69) is 106 Å². The fourth-order valence-electron chi connectivity index (χ4n) is 11.3. The van der Waals surface area contributed by atoms with Gasteiger partial charge in [0.25, 0.3) is 0 Å². The van der Waals surface area contributed by atoms with Crippen LogP contribution in [0.15, 0.2) is 221 Å². The zero-order chi connectivity index (χ0) is 49.0. The van der Waals surface area contributed by atoms with Gasteiger partial charge in [0.1, 0.15) is 22.3 Å². The molecule has 10 aromatic carbocycles. The van der Waals surface area contributed by atoms with E-state index in [4.69, 9.17) is 23.8 Å². The van der Waals surface area contributed by atoms with E-state index < -0.39 is 0 Å². The summed E-state index contributed by atoms with van der Waals surface area (Å²) >= 11 is 0. The minimum absolute atomic E-state index is 0.314. The molecule has 0 aliphatic carbocycles. The van der Waals surface area contributed by atoms with E-state index in [-0.39, 0.29) is 0 Å². The second-order valence-corrected chi connectivity index (χ2v) is 18.5. The number of hydrogen-bond acceptors (Lipinski definition) is 7. The number of rotatable bonds is 6. The fraction of sp³-hybridized carbons (Fsp3) is 0. The lowest BCUT2D eigenvalue weighted by Crippen LogP contribution is -2.07. The molecule has 0 amide bonds. The quantitative estimate of drug-likeness (QED) is 0.163. The van der Waals surface area contributed by atoms with Crippen LogP contribution in [0.1, 0.15) is 11.1 Å². The van der Waals surface area contributed by atoms with Crippen LogP contribution in [0.25, 0.3) is 144 Å². The lowest BCUT2D eigenvalue weighted by atomic mass is 9.95. The molecular weight excluding hydrogens is 911 g/mol. The summed E-state index contributed by atoms with van der Waals surface area (Å²) in [6.45, 7) is 0. The summed E-state index contributed by atoms with van der Waals surface area (Å²) in [5.74, 6) is 1.12. The molecule has 0 saturated carbocycles. The summed E-state index contributed by atoms with van der Waals surface area (Å²) in [6, 6.07) is 75.8. The van der Waals surface area contributed by atoms with Crippen LogP contribution < -0.4 is 0 Å². The Morgan fingerprint density at radius 3 is 1.47 bits per heavy atom. The predicted octanol–water partition coefficient (Wildman–Crippen LogP) is 16.3. The first-order valence-electron chi connectivity index (χ1n) is 24.3. The van der Waals surface area contributed by atoms with Crippen molar-refractivity contribution in [2.45, 2.75) is 0 Å². The third-order valence-corrected chi connectivity index (χ3v) is 14.5. The molecule has 0 fully saturated rings. The average molecular weight is 946 g/mol. The average Bonchev–Trinajstić information content (AvgIpc) is 4.28. The zero-order valence-corrected chi connectivity index (χ0v) is 39.2. The van der Waals surface area contributed by atoms with E-state index in [1.165, 1.54) is 0 Å². The van der Waals surface area contributed by atoms with Crippen LogP contribution in [0.3, 0.4) is 0 Å². The van der Waals surface area contributed by atoms with Crippen LogP contribution in [0.2, 0.25) is 0 Å². The molecule has 0 bridgehead atoms. The van der Waals surface area contributed by atoms with Crippen molar-refractivity contribution in [3.8, 4) is 68.8 Å². The smallest absolute Gasteiger partial charge is 0.167 e. The minimum atomic E-state index is 0.314. The number of aromatic nitrogens is 5. The van der Waals surface area contributed by atoms with E-state index in [9.17, 15) is 10.5 Å².